The largest absolute Gasteiger partial charge is 0.480 e. The van der Waals surface area contributed by atoms with Crippen LogP contribution in [-0.2, 0) is 20.7 Å². The number of aromatic nitrogens is 1. The first kappa shape index (κ1) is 13.5. The number of methoxy groups -OCH3 is 1. The lowest BCUT2D eigenvalue weighted by Crippen LogP contribution is -2.39. The van der Waals surface area contributed by atoms with Crippen molar-refractivity contribution in [2.75, 3.05) is 7.11 Å². The van der Waals surface area contributed by atoms with E-state index < -0.39 is 17.4 Å². The van der Waals surface area contributed by atoms with Crippen molar-refractivity contribution in [3.05, 3.63) is 29.3 Å². The van der Waals surface area contributed by atoms with E-state index in [-0.39, 0.29) is 6.42 Å². The summed E-state index contributed by atoms with van der Waals surface area (Å²) in [5, 5.41) is 9.85. The molecule has 0 fully saturated rings. The van der Waals surface area contributed by atoms with E-state index >= 15 is 0 Å². The number of esters is 1. The third kappa shape index (κ3) is 2.44. The van der Waals surface area contributed by atoms with E-state index in [0.29, 0.717) is 5.01 Å². The molecule has 2 aromatic rings. The number of aliphatic carboxylic acids is 1. The van der Waals surface area contributed by atoms with Gasteiger partial charge in [0.15, 0.2) is 5.41 Å². The number of carboxylic acids is 1. The summed E-state index contributed by atoms with van der Waals surface area (Å²) >= 11 is 1.39. The Hall–Kier alpha value is -1.95. The van der Waals surface area contributed by atoms with E-state index in [1.807, 2.05) is 24.3 Å². The molecule has 100 valence electrons. The van der Waals surface area contributed by atoms with Crippen LogP contribution in [-0.4, -0.2) is 29.1 Å². The minimum absolute atomic E-state index is 0.0222. The van der Waals surface area contributed by atoms with Crippen molar-refractivity contribution >= 4 is 33.5 Å². The van der Waals surface area contributed by atoms with Gasteiger partial charge in [0.2, 0.25) is 0 Å². The molecule has 0 aliphatic rings. The summed E-state index contributed by atoms with van der Waals surface area (Å²) < 4.78 is 5.55. The first-order valence-electron chi connectivity index (χ1n) is 5.63. The maximum Gasteiger partial charge on any atom is 0.323 e. The lowest BCUT2D eigenvalue weighted by atomic mass is 9.87. The SMILES string of the molecule is COC(=O)C(C)(Cc1nc2ccccc2s1)C(=O)O. The Balaban J connectivity index is 2.36. The van der Waals surface area contributed by atoms with Crippen LogP contribution in [0.5, 0.6) is 0 Å². The van der Waals surface area contributed by atoms with Crippen LogP contribution in [0.25, 0.3) is 10.2 Å². The summed E-state index contributed by atoms with van der Waals surface area (Å²) in [4.78, 5) is 27.3. The van der Waals surface area contributed by atoms with Gasteiger partial charge in [0.1, 0.15) is 0 Å². The zero-order valence-corrected chi connectivity index (χ0v) is 11.4. The summed E-state index contributed by atoms with van der Waals surface area (Å²) in [5.41, 5.74) is -0.803. The van der Waals surface area contributed by atoms with Crippen LogP contribution < -0.4 is 0 Å². The Kier molecular flexibility index (Phi) is 3.53. The number of rotatable bonds is 4. The monoisotopic (exact) mass is 279 g/mol. The molecule has 0 saturated heterocycles. The standard InChI is InChI=1S/C13H13NO4S/c1-13(11(15)16,12(17)18-2)7-10-14-8-5-3-4-6-9(8)19-10/h3-6H,7H2,1-2H3,(H,15,16). The first-order chi connectivity index (χ1) is 8.97. The van der Waals surface area contributed by atoms with Gasteiger partial charge in [-0.2, -0.15) is 0 Å². The summed E-state index contributed by atoms with van der Waals surface area (Å²) in [6, 6.07) is 7.52. The van der Waals surface area contributed by atoms with Crippen molar-refractivity contribution in [3.63, 3.8) is 0 Å². The highest BCUT2D eigenvalue weighted by atomic mass is 32.1. The Morgan fingerprint density at radius 3 is 2.68 bits per heavy atom. The van der Waals surface area contributed by atoms with Crippen LogP contribution in [0.15, 0.2) is 24.3 Å². The van der Waals surface area contributed by atoms with Crippen molar-refractivity contribution < 1.29 is 19.4 Å². The van der Waals surface area contributed by atoms with E-state index in [1.165, 1.54) is 25.4 Å². The van der Waals surface area contributed by atoms with Crippen LogP contribution in [0, 0.1) is 5.41 Å². The molecule has 0 spiro atoms. The molecule has 1 heterocycles. The average molecular weight is 279 g/mol. The summed E-state index contributed by atoms with van der Waals surface area (Å²) in [6.45, 7) is 1.35. The van der Waals surface area contributed by atoms with Crippen molar-refractivity contribution in [1.82, 2.24) is 4.98 Å². The fourth-order valence-electron chi connectivity index (χ4n) is 1.76. The van der Waals surface area contributed by atoms with Gasteiger partial charge < -0.3 is 9.84 Å². The van der Waals surface area contributed by atoms with Gasteiger partial charge >= 0.3 is 11.9 Å². The third-order valence-electron chi connectivity index (χ3n) is 2.95. The third-order valence-corrected chi connectivity index (χ3v) is 3.99. The fraction of sp³-hybridized carbons (Fsp3) is 0.308. The average Bonchev–Trinajstić information content (AvgIpc) is 2.79. The molecule has 1 atom stereocenters. The number of hydrogen-bond acceptors (Lipinski definition) is 5. The quantitative estimate of drug-likeness (QED) is 0.685. The number of benzene rings is 1. The van der Waals surface area contributed by atoms with Gasteiger partial charge in [-0.15, -0.1) is 11.3 Å². The van der Waals surface area contributed by atoms with Crippen LogP contribution in [0.4, 0.5) is 0 Å². The van der Waals surface area contributed by atoms with Gasteiger partial charge in [0, 0.05) is 6.42 Å². The molecule has 1 N–H and O–H groups in total. The first-order valence-corrected chi connectivity index (χ1v) is 6.45. The van der Waals surface area contributed by atoms with Crippen molar-refractivity contribution in [3.8, 4) is 0 Å². The van der Waals surface area contributed by atoms with Crippen molar-refractivity contribution in [2.24, 2.45) is 5.41 Å². The Labute approximate surface area is 113 Å². The summed E-state index contributed by atoms with van der Waals surface area (Å²) in [6.07, 6.45) is 0.0222. The van der Waals surface area contributed by atoms with Gasteiger partial charge in [-0.05, 0) is 19.1 Å². The number of thiazole rings is 1. The number of para-hydroxylation sites is 1. The molecule has 0 bridgehead atoms. The lowest BCUT2D eigenvalue weighted by Gasteiger charge is -2.20. The molecule has 0 amide bonds. The maximum absolute atomic E-state index is 11.7. The normalized spacial score (nSPS) is 14.0. The smallest absolute Gasteiger partial charge is 0.323 e. The molecule has 1 unspecified atom stereocenters. The highest BCUT2D eigenvalue weighted by Crippen LogP contribution is 2.29. The minimum Gasteiger partial charge on any atom is -0.480 e. The minimum atomic E-state index is -1.61. The topological polar surface area (TPSA) is 76.5 Å². The molecule has 0 aliphatic heterocycles. The molecule has 0 aliphatic carbocycles. The number of fused-ring (bicyclic) bond motifs is 1. The number of ether oxygens (including phenoxy) is 1. The van der Waals surface area contributed by atoms with Gasteiger partial charge in [-0.25, -0.2) is 4.98 Å². The number of hydrogen-bond donors (Lipinski definition) is 1. The van der Waals surface area contributed by atoms with Crippen molar-refractivity contribution in [2.45, 2.75) is 13.3 Å². The molecular formula is C13H13NO4S. The molecule has 1 aromatic heterocycles. The molecule has 1 aromatic carbocycles. The zero-order valence-electron chi connectivity index (χ0n) is 10.5. The molecule has 6 heteroatoms. The van der Waals surface area contributed by atoms with E-state index in [9.17, 15) is 14.7 Å². The molecule has 2 rings (SSSR count). The van der Waals surface area contributed by atoms with Gasteiger partial charge in [0.05, 0.1) is 22.3 Å². The van der Waals surface area contributed by atoms with Crippen molar-refractivity contribution in [1.29, 1.82) is 0 Å². The summed E-state index contributed by atoms with van der Waals surface area (Å²) in [7, 11) is 1.18. The van der Waals surface area contributed by atoms with E-state index in [2.05, 4.69) is 9.72 Å². The Morgan fingerprint density at radius 2 is 2.11 bits per heavy atom. The number of carbonyl (C=O) groups excluding carboxylic acids is 1. The van der Waals surface area contributed by atoms with Gasteiger partial charge in [-0.1, -0.05) is 12.1 Å². The lowest BCUT2D eigenvalue weighted by molar-refractivity contribution is -0.165. The summed E-state index contributed by atoms with van der Waals surface area (Å²) in [5.74, 6) is -1.97. The predicted molar refractivity (Wildman–Crippen MR) is 71.1 cm³/mol. The van der Waals surface area contributed by atoms with E-state index in [0.717, 1.165) is 10.2 Å². The zero-order chi connectivity index (χ0) is 14.0. The molecule has 0 radical (unpaired) electrons. The van der Waals surface area contributed by atoms with Crippen LogP contribution in [0.3, 0.4) is 0 Å². The number of carbonyl (C=O) groups is 2. The van der Waals surface area contributed by atoms with Crippen LogP contribution >= 0.6 is 11.3 Å². The molecule has 5 nitrogen and oxygen atoms in total. The van der Waals surface area contributed by atoms with Gasteiger partial charge in [-0.3, -0.25) is 9.59 Å². The maximum atomic E-state index is 11.7. The number of carboxylic acid groups (broad SMARTS) is 1. The molecular weight excluding hydrogens is 266 g/mol. The molecule has 0 saturated carbocycles. The highest BCUT2D eigenvalue weighted by molar-refractivity contribution is 7.18. The van der Waals surface area contributed by atoms with Gasteiger partial charge in [0.25, 0.3) is 0 Å². The van der Waals surface area contributed by atoms with Crippen LogP contribution in [0.1, 0.15) is 11.9 Å². The fourth-order valence-corrected chi connectivity index (χ4v) is 2.88. The van der Waals surface area contributed by atoms with E-state index in [4.69, 9.17) is 0 Å². The predicted octanol–water partition coefficient (Wildman–Crippen LogP) is 2.10. The highest BCUT2D eigenvalue weighted by Gasteiger charge is 2.43. The second kappa shape index (κ2) is 4.97. The van der Waals surface area contributed by atoms with Crippen LogP contribution in [0.2, 0.25) is 0 Å². The second-order valence-electron chi connectivity index (χ2n) is 4.38. The Morgan fingerprint density at radius 1 is 1.42 bits per heavy atom. The molecule has 19 heavy (non-hydrogen) atoms. The number of nitrogens with zero attached hydrogens (tertiary/aromatic N) is 1. The van der Waals surface area contributed by atoms with E-state index in [1.54, 1.807) is 0 Å². The Bertz CT molecular complexity index is 603. The second-order valence-corrected chi connectivity index (χ2v) is 5.50.